The Kier molecular flexibility index (Phi) is 6.48. The maximum atomic E-state index is 13.7. The molecule has 0 radical (unpaired) electrons. The van der Waals surface area contributed by atoms with Gasteiger partial charge in [0.2, 0.25) is 5.91 Å². The molecule has 9 nitrogen and oxygen atoms in total. The molecule has 3 unspecified atom stereocenters. The van der Waals surface area contributed by atoms with Crippen LogP contribution in [0.25, 0.3) is 0 Å². The first kappa shape index (κ1) is 22.6. The molecule has 1 heterocycles. The summed E-state index contributed by atoms with van der Waals surface area (Å²) in [6.45, 7) is 0. The van der Waals surface area contributed by atoms with Gasteiger partial charge in [-0.15, -0.1) is 0 Å². The number of methoxy groups -OCH3 is 2. The maximum Gasteiger partial charge on any atom is 0.271 e. The Morgan fingerprint density at radius 3 is 2.52 bits per heavy atom. The van der Waals surface area contributed by atoms with E-state index in [9.17, 15) is 19.7 Å². The van der Waals surface area contributed by atoms with Crippen molar-refractivity contribution in [3.8, 4) is 11.5 Å². The van der Waals surface area contributed by atoms with Gasteiger partial charge in [-0.25, -0.2) is 0 Å². The zero-order valence-electron chi connectivity index (χ0n) is 18.7. The van der Waals surface area contributed by atoms with Gasteiger partial charge >= 0.3 is 0 Å². The summed E-state index contributed by atoms with van der Waals surface area (Å²) >= 11 is 0. The van der Waals surface area contributed by atoms with Crippen LogP contribution in [0.5, 0.6) is 11.5 Å². The maximum absolute atomic E-state index is 13.7. The molecule has 1 aliphatic carbocycles. The number of para-hydroxylation sites is 1. The topological polar surface area (TPSA) is 111 Å². The van der Waals surface area contributed by atoms with Crippen molar-refractivity contribution < 1.29 is 24.0 Å². The molecule has 2 aromatic carbocycles. The number of carbonyl (C=O) groups is 2. The SMILES string of the molecule is COc1ccc([N+](=O)[O-])cc1NC(=O)C1CC2CCCCC2N1C(=O)c1ccccc1OC. The molecule has 1 saturated carbocycles. The van der Waals surface area contributed by atoms with E-state index >= 15 is 0 Å². The van der Waals surface area contributed by atoms with Crippen molar-refractivity contribution in [1.29, 1.82) is 0 Å². The smallest absolute Gasteiger partial charge is 0.271 e. The molecule has 2 fully saturated rings. The lowest BCUT2D eigenvalue weighted by Gasteiger charge is -2.34. The van der Waals surface area contributed by atoms with E-state index in [0.29, 0.717) is 23.5 Å². The van der Waals surface area contributed by atoms with Crippen molar-refractivity contribution in [2.24, 2.45) is 5.92 Å². The second-order valence-electron chi connectivity index (χ2n) is 8.41. The van der Waals surface area contributed by atoms with Crippen LogP contribution in [-0.2, 0) is 4.79 Å². The van der Waals surface area contributed by atoms with Crippen molar-refractivity contribution in [3.05, 3.63) is 58.1 Å². The summed E-state index contributed by atoms with van der Waals surface area (Å²) in [4.78, 5) is 39.5. The largest absolute Gasteiger partial charge is 0.496 e. The van der Waals surface area contributed by atoms with Crippen molar-refractivity contribution in [1.82, 2.24) is 4.90 Å². The van der Waals surface area contributed by atoms with Crippen LogP contribution in [0.2, 0.25) is 0 Å². The zero-order chi connectivity index (χ0) is 23.5. The van der Waals surface area contributed by atoms with E-state index in [0.717, 1.165) is 25.7 Å². The first-order valence-electron chi connectivity index (χ1n) is 11.0. The number of hydrogen-bond donors (Lipinski definition) is 1. The number of benzene rings is 2. The number of non-ortho nitro benzene ring substituents is 1. The number of hydrogen-bond acceptors (Lipinski definition) is 6. The highest BCUT2D eigenvalue weighted by Crippen LogP contribution is 2.42. The molecule has 2 aliphatic rings. The highest BCUT2D eigenvalue weighted by atomic mass is 16.6. The van der Waals surface area contributed by atoms with Gasteiger partial charge in [-0.3, -0.25) is 19.7 Å². The summed E-state index contributed by atoms with van der Waals surface area (Å²) in [7, 11) is 2.94. The minimum atomic E-state index is -0.695. The number of nitro groups is 1. The van der Waals surface area contributed by atoms with Crippen LogP contribution in [0.15, 0.2) is 42.5 Å². The van der Waals surface area contributed by atoms with Gasteiger partial charge in [-0.05, 0) is 43.4 Å². The minimum absolute atomic E-state index is 0.0288. The highest BCUT2D eigenvalue weighted by molar-refractivity contribution is 6.03. The Balaban J connectivity index is 1.66. The second-order valence-corrected chi connectivity index (χ2v) is 8.41. The monoisotopic (exact) mass is 453 g/mol. The molecule has 1 saturated heterocycles. The van der Waals surface area contributed by atoms with Crippen molar-refractivity contribution in [2.45, 2.75) is 44.2 Å². The molecule has 4 rings (SSSR count). The molecule has 2 aromatic rings. The summed E-state index contributed by atoms with van der Waals surface area (Å²) in [5.74, 6) is 0.382. The van der Waals surface area contributed by atoms with Gasteiger partial charge in [0, 0.05) is 18.2 Å². The number of carbonyl (C=O) groups excluding carboxylic acids is 2. The van der Waals surface area contributed by atoms with E-state index in [2.05, 4.69) is 5.32 Å². The van der Waals surface area contributed by atoms with Gasteiger partial charge in [0.25, 0.3) is 11.6 Å². The second kappa shape index (κ2) is 9.48. The van der Waals surface area contributed by atoms with E-state index in [1.807, 2.05) is 0 Å². The van der Waals surface area contributed by atoms with Crippen LogP contribution in [0.3, 0.4) is 0 Å². The predicted octanol–water partition coefficient (Wildman–Crippen LogP) is 4.02. The summed E-state index contributed by atoms with van der Waals surface area (Å²) in [6, 6.07) is 10.3. The molecular weight excluding hydrogens is 426 g/mol. The Bertz CT molecular complexity index is 1070. The lowest BCUT2D eigenvalue weighted by molar-refractivity contribution is -0.384. The highest BCUT2D eigenvalue weighted by Gasteiger charge is 2.48. The van der Waals surface area contributed by atoms with E-state index in [1.165, 1.54) is 32.4 Å². The van der Waals surface area contributed by atoms with Gasteiger partial charge in [-0.2, -0.15) is 0 Å². The standard InChI is InChI=1S/C24H27N3O6/c1-32-21-10-6-4-8-17(21)24(29)26-19-9-5-3-7-15(19)13-20(26)23(28)25-18-14-16(27(30)31)11-12-22(18)33-2/h4,6,8,10-12,14-15,19-20H,3,5,7,9,13H2,1-2H3,(H,25,28). The van der Waals surface area contributed by atoms with Gasteiger partial charge in [0.15, 0.2) is 0 Å². The lowest BCUT2D eigenvalue weighted by Crippen LogP contribution is -2.48. The first-order chi connectivity index (χ1) is 15.9. The number of fused-ring (bicyclic) bond motifs is 1. The third-order valence-corrected chi connectivity index (χ3v) is 6.61. The van der Waals surface area contributed by atoms with Crippen LogP contribution in [0.1, 0.15) is 42.5 Å². The number of nitrogens with one attached hydrogen (secondary N) is 1. The van der Waals surface area contributed by atoms with Crippen molar-refractivity contribution in [2.75, 3.05) is 19.5 Å². The molecule has 33 heavy (non-hydrogen) atoms. The van der Waals surface area contributed by atoms with Gasteiger partial charge < -0.3 is 19.7 Å². The number of amides is 2. The van der Waals surface area contributed by atoms with E-state index in [-0.39, 0.29) is 35.1 Å². The molecular formula is C24H27N3O6. The number of rotatable bonds is 6. The first-order valence-corrected chi connectivity index (χ1v) is 11.0. The number of likely N-dealkylation sites (tertiary alicyclic amines) is 1. The fourth-order valence-electron chi connectivity index (χ4n) is 5.07. The van der Waals surface area contributed by atoms with E-state index in [4.69, 9.17) is 9.47 Å². The Morgan fingerprint density at radius 1 is 1.06 bits per heavy atom. The van der Waals surface area contributed by atoms with Crippen molar-refractivity contribution in [3.63, 3.8) is 0 Å². The molecule has 0 aromatic heterocycles. The Hall–Kier alpha value is -3.62. The van der Waals surface area contributed by atoms with Crippen LogP contribution in [0, 0.1) is 16.0 Å². The van der Waals surface area contributed by atoms with Gasteiger partial charge in [-0.1, -0.05) is 25.0 Å². The number of nitro benzene ring substituents is 1. The molecule has 1 aliphatic heterocycles. The molecule has 174 valence electrons. The van der Waals surface area contributed by atoms with Crippen LogP contribution >= 0.6 is 0 Å². The Morgan fingerprint density at radius 2 is 1.79 bits per heavy atom. The lowest BCUT2D eigenvalue weighted by atomic mass is 9.84. The molecule has 0 bridgehead atoms. The summed E-state index contributed by atoms with van der Waals surface area (Å²) in [6.07, 6.45) is 4.43. The summed E-state index contributed by atoms with van der Waals surface area (Å²) < 4.78 is 10.7. The van der Waals surface area contributed by atoms with Crippen molar-refractivity contribution >= 4 is 23.2 Å². The number of anilines is 1. The summed E-state index contributed by atoms with van der Waals surface area (Å²) in [5, 5.41) is 14.0. The fourth-order valence-corrected chi connectivity index (χ4v) is 5.07. The normalized spacial score (nSPS) is 21.8. The third kappa shape index (κ3) is 4.35. The molecule has 9 heteroatoms. The van der Waals surface area contributed by atoms with Gasteiger partial charge in [0.05, 0.1) is 30.4 Å². The molecule has 3 atom stereocenters. The minimum Gasteiger partial charge on any atom is -0.496 e. The zero-order valence-corrected chi connectivity index (χ0v) is 18.7. The quantitative estimate of drug-likeness (QED) is 0.522. The average molecular weight is 453 g/mol. The summed E-state index contributed by atoms with van der Waals surface area (Å²) in [5.41, 5.74) is 0.460. The van der Waals surface area contributed by atoms with E-state index in [1.54, 1.807) is 29.2 Å². The fraction of sp³-hybridized carbons (Fsp3) is 0.417. The van der Waals surface area contributed by atoms with Crippen LogP contribution < -0.4 is 14.8 Å². The molecule has 1 N–H and O–H groups in total. The van der Waals surface area contributed by atoms with E-state index < -0.39 is 11.0 Å². The van der Waals surface area contributed by atoms with Crippen LogP contribution in [0.4, 0.5) is 11.4 Å². The van der Waals surface area contributed by atoms with Gasteiger partial charge in [0.1, 0.15) is 17.5 Å². The number of nitrogens with zero attached hydrogens (tertiary/aromatic N) is 2. The Labute approximate surface area is 191 Å². The molecule has 2 amide bonds. The average Bonchev–Trinajstić information content (AvgIpc) is 3.23. The molecule has 0 spiro atoms. The third-order valence-electron chi connectivity index (χ3n) is 6.61. The number of ether oxygens (including phenoxy) is 2. The predicted molar refractivity (Wildman–Crippen MR) is 122 cm³/mol. The van der Waals surface area contributed by atoms with Crippen LogP contribution in [-0.4, -0.2) is 47.9 Å².